The van der Waals surface area contributed by atoms with Crippen LogP contribution in [-0.2, 0) is 6.42 Å². The van der Waals surface area contributed by atoms with Gasteiger partial charge in [-0.05, 0) is 42.8 Å². The van der Waals surface area contributed by atoms with Gasteiger partial charge in [-0.1, -0.05) is 6.92 Å². The van der Waals surface area contributed by atoms with Crippen LogP contribution in [0, 0.1) is 0 Å². The van der Waals surface area contributed by atoms with Crippen LogP contribution in [0.1, 0.15) is 28.4 Å². The van der Waals surface area contributed by atoms with Gasteiger partial charge in [-0.2, -0.15) is 0 Å². The Bertz CT molecular complexity index is 615. The molecule has 2 aromatic carbocycles. The molecule has 2 rings (SSSR count). The third-order valence-electron chi connectivity index (χ3n) is 2.99. The van der Waals surface area contributed by atoms with E-state index in [2.05, 4.69) is 0 Å². The van der Waals surface area contributed by atoms with E-state index in [1.54, 1.807) is 6.92 Å². The van der Waals surface area contributed by atoms with Crippen molar-refractivity contribution < 1.29 is 20.1 Å². The second-order valence-corrected chi connectivity index (χ2v) is 4.19. The van der Waals surface area contributed by atoms with Crippen LogP contribution in [0.15, 0.2) is 36.4 Å². The number of benzene rings is 2. The molecule has 98 valence electrons. The van der Waals surface area contributed by atoms with Gasteiger partial charge >= 0.3 is 0 Å². The van der Waals surface area contributed by atoms with E-state index in [4.69, 9.17) is 0 Å². The van der Waals surface area contributed by atoms with Gasteiger partial charge in [0.1, 0.15) is 17.2 Å². The zero-order valence-electron chi connectivity index (χ0n) is 10.4. The zero-order valence-corrected chi connectivity index (χ0v) is 10.4. The summed E-state index contributed by atoms with van der Waals surface area (Å²) in [6.07, 6.45) is 0.425. The Balaban J connectivity index is 2.47. The fourth-order valence-electron chi connectivity index (χ4n) is 1.93. The van der Waals surface area contributed by atoms with E-state index in [0.717, 1.165) is 0 Å². The van der Waals surface area contributed by atoms with Crippen LogP contribution in [-0.4, -0.2) is 21.1 Å². The minimum atomic E-state index is -0.354. The highest BCUT2D eigenvalue weighted by molar-refractivity contribution is 6.11. The fraction of sp³-hybridized carbons (Fsp3) is 0.133. The lowest BCUT2D eigenvalue weighted by Gasteiger charge is -2.09. The molecule has 0 atom stereocenters. The molecule has 0 bridgehead atoms. The smallest absolute Gasteiger partial charge is 0.196 e. The summed E-state index contributed by atoms with van der Waals surface area (Å²) in [6, 6.07) is 8.56. The lowest BCUT2D eigenvalue weighted by Crippen LogP contribution is -2.02. The number of ketones is 1. The van der Waals surface area contributed by atoms with E-state index in [1.807, 2.05) is 0 Å². The van der Waals surface area contributed by atoms with Gasteiger partial charge in [0.2, 0.25) is 0 Å². The first-order chi connectivity index (χ1) is 9.04. The van der Waals surface area contributed by atoms with Crippen molar-refractivity contribution in [3.05, 3.63) is 53.1 Å². The number of rotatable bonds is 3. The van der Waals surface area contributed by atoms with Crippen LogP contribution in [0.4, 0.5) is 0 Å². The van der Waals surface area contributed by atoms with Gasteiger partial charge in [-0.3, -0.25) is 4.79 Å². The van der Waals surface area contributed by atoms with Crippen LogP contribution in [0.2, 0.25) is 0 Å². The molecule has 0 saturated carbocycles. The topological polar surface area (TPSA) is 77.8 Å². The second kappa shape index (κ2) is 5.02. The lowest BCUT2D eigenvalue weighted by molar-refractivity contribution is 0.103. The summed E-state index contributed by atoms with van der Waals surface area (Å²) in [5.74, 6) is -0.504. The summed E-state index contributed by atoms with van der Waals surface area (Å²) < 4.78 is 0. The van der Waals surface area contributed by atoms with Gasteiger partial charge in [0.05, 0.1) is 5.56 Å². The van der Waals surface area contributed by atoms with Crippen LogP contribution in [0.3, 0.4) is 0 Å². The Labute approximate surface area is 110 Å². The first kappa shape index (κ1) is 13.0. The van der Waals surface area contributed by atoms with Crippen LogP contribution in [0.25, 0.3) is 0 Å². The minimum absolute atomic E-state index is 0.0257. The highest BCUT2D eigenvalue weighted by atomic mass is 16.3. The van der Waals surface area contributed by atoms with Crippen LogP contribution < -0.4 is 0 Å². The number of hydrogen-bond donors (Lipinski definition) is 3. The van der Waals surface area contributed by atoms with E-state index in [9.17, 15) is 20.1 Å². The molecular weight excluding hydrogens is 244 g/mol. The molecule has 0 aliphatic carbocycles. The zero-order chi connectivity index (χ0) is 14.0. The Morgan fingerprint density at radius 3 is 2.21 bits per heavy atom. The molecule has 0 unspecified atom stereocenters. The molecule has 0 spiro atoms. The molecule has 4 nitrogen and oxygen atoms in total. The van der Waals surface area contributed by atoms with Crippen molar-refractivity contribution in [2.75, 3.05) is 0 Å². The number of aromatic hydroxyl groups is 3. The van der Waals surface area contributed by atoms with Gasteiger partial charge in [0.25, 0.3) is 0 Å². The van der Waals surface area contributed by atoms with Gasteiger partial charge in [0.15, 0.2) is 5.78 Å². The summed E-state index contributed by atoms with van der Waals surface area (Å²) in [4.78, 5) is 12.2. The van der Waals surface area contributed by atoms with E-state index < -0.39 is 0 Å². The number of phenols is 3. The Morgan fingerprint density at radius 2 is 1.63 bits per heavy atom. The van der Waals surface area contributed by atoms with Gasteiger partial charge in [-0.15, -0.1) is 0 Å². The molecule has 2 aromatic rings. The molecule has 0 aliphatic rings. The van der Waals surface area contributed by atoms with Crippen LogP contribution >= 0.6 is 0 Å². The molecular formula is C15H14O4. The number of carbonyl (C=O) groups excluding carboxylic acids is 1. The fourth-order valence-corrected chi connectivity index (χ4v) is 1.93. The third kappa shape index (κ3) is 2.38. The summed E-state index contributed by atoms with van der Waals surface area (Å²) >= 11 is 0. The minimum Gasteiger partial charge on any atom is -0.508 e. The summed E-state index contributed by atoms with van der Waals surface area (Å²) in [5, 5.41) is 28.8. The summed E-state index contributed by atoms with van der Waals surface area (Å²) in [5.41, 5.74) is 0.853. The van der Waals surface area contributed by atoms with Crippen molar-refractivity contribution in [1.82, 2.24) is 0 Å². The molecule has 0 fully saturated rings. The van der Waals surface area contributed by atoms with Crippen molar-refractivity contribution in [3.8, 4) is 17.2 Å². The van der Waals surface area contributed by atoms with E-state index in [-0.39, 0.29) is 28.6 Å². The van der Waals surface area contributed by atoms with Gasteiger partial charge in [0, 0.05) is 11.1 Å². The van der Waals surface area contributed by atoms with Crippen molar-refractivity contribution in [2.24, 2.45) is 0 Å². The Kier molecular flexibility index (Phi) is 3.42. The number of phenolic OH excluding ortho intramolecular Hbond substituents is 3. The van der Waals surface area contributed by atoms with Crippen LogP contribution in [0.5, 0.6) is 17.2 Å². The first-order valence-electron chi connectivity index (χ1n) is 5.92. The van der Waals surface area contributed by atoms with E-state index in [0.29, 0.717) is 17.5 Å². The molecule has 0 saturated heterocycles. The molecule has 0 radical (unpaired) electrons. The van der Waals surface area contributed by atoms with E-state index in [1.165, 1.54) is 36.4 Å². The molecule has 19 heavy (non-hydrogen) atoms. The van der Waals surface area contributed by atoms with E-state index >= 15 is 0 Å². The lowest BCUT2D eigenvalue weighted by atomic mass is 9.98. The maximum absolute atomic E-state index is 12.2. The Morgan fingerprint density at radius 1 is 1.00 bits per heavy atom. The standard InChI is InChI=1S/C15H14O4/c1-2-11-13(17)8-7-12(15(11)19)14(18)9-3-5-10(16)6-4-9/h3-8,16-17,19H,2H2,1H3. The number of carbonyl (C=O) groups is 1. The molecule has 0 aliphatic heterocycles. The molecule has 0 heterocycles. The third-order valence-corrected chi connectivity index (χ3v) is 2.99. The highest BCUT2D eigenvalue weighted by Crippen LogP contribution is 2.32. The average molecular weight is 258 g/mol. The van der Waals surface area contributed by atoms with Gasteiger partial charge in [-0.25, -0.2) is 0 Å². The average Bonchev–Trinajstić information content (AvgIpc) is 2.39. The monoisotopic (exact) mass is 258 g/mol. The quantitative estimate of drug-likeness (QED) is 0.739. The largest absolute Gasteiger partial charge is 0.508 e. The predicted molar refractivity (Wildman–Crippen MR) is 70.7 cm³/mol. The van der Waals surface area contributed by atoms with Crippen molar-refractivity contribution in [3.63, 3.8) is 0 Å². The first-order valence-corrected chi connectivity index (χ1v) is 5.92. The summed E-state index contributed by atoms with van der Waals surface area (Å²) in [7, 11) is 0. The maximum atomic E-state index is 12.2. The van der Waals surface area contributed by atoms with Crippen molar-refractivity contribution >= 4 is 5.78 Å². The second-order valence-electron chi connectivity index (χ2n) is 4.19. The van der Waals surface area contributed by atoms with Gasteiger partial charge < -0.3 is 15.3 Å². The predicted octanol–water partition coefficient (Wildman–Crippen LogP) is 2.60. The SMILES string of the molecule is CCc1c(O)ccc(C(=O)c2ccc(O)cc2)c1O. The maximum Gasteiger partial charge on any atom is 0.196 e. The highest BCUT2D eigenvalue weighted by Gasteiger charge is 2.17. The molecule has 3 N–H and O–H groups in total. The Hall–Kier alpha value is -2.49. The summed E-state index contributed by atoms with van der Waals surface area (Å²) in [6.45, 7) is 1.78. The molecule has 0 amide bonds. The number of hydrogen-bond acceptors (Lipinski definition) is 4. The van der Waals surface area contributed by atoms with Crippen molar-refractivity contribution in [2.45, 2.75) is 13.3 Å². The molecule has 4 heteroatoms. The normalized spacial score (nSPS) is 10.4. The van der Waals surface area contributed by atoms with Crippen molar-refractivity contribution in [1.29, 1.82) is 0 Å². The molecule has 0 aromatic heterocycles.